The third kappa shape index (κ3) is 11.3. The second-order valence-electron chi connectivity index (χ2n) is 5.37. The molecule has 3 atom stereocenters. The molecule has 7 N–H and O–H groups in total. The Kier molecular flexibility index (Phi) is 11.6. The summed E-state index contributed by atoms with van der Waals surface area (Å²) < 4.78 is 0. The van der Waals surface area contributed by atoms with Gasteiger partial charge in [0.1, 0.15) is 18.6 Å². The first-order chi connectivity index (χ1) is 11.7. The molecule has 0 spiro atoms. The highest BCUT2D eigenvalue weighted by Gasteiger charge is 2.23. The van der Waals surface area contributed by atoms with Crippen molar-refractivity contribution in [2.45, 2.75) is 43.5 Å². The highest BCUT2D eigenvalue weighted by Crippen LogP contribution is 2.15. The van der Waals surface area contributed by atoms with Gasteiger partial charge in [-0.2, -0.15) is 11.8 Å². The van der Waals surface area contributed by atoms with Gasteiger partial charge in [0.05, 0.1) is 0 Å². The second kappa shape index (κ2) is 12.5. The number of thioether (sulfide) groups is 1. The van der Waals surface area contributed by atoms with E-state index >= 15 is 0 Å². The molecular formula is C14H25N3O7S. The van der Waals surface area contributed by atoms with Crippen LogP contribution in [0.4, 0.5) is 0 Å². The van der Waals surface area contributed by atoms with Crippen molar-refractivity contribution < 1.29 is 34.5 Å². The van der Waals surface area contributed by atoms with Crippen LogP contribution in [0.3, 0.4) is 0 Å². The third-order valence-corrected chi connectivity index (χ3v) is 4.48. The Labute approximate surface area is 149 Å². The van der Waals surface area contributed by atoms with E-state index in [1.54, 1.807) is 0 Å². The summed E-state index contributed by atoms with van der Waals surface area (Å²) >= 11 is 1.34. The topological polar surface area (TPSA) is 179 Å². The molecule has 2 amide bonds. The van der Waals surface area contributed by atoms with Crippen LogP contribution < -0.4 is 16.4 Å². The van der Waals surface area contributed by atoms with Crippen molar-refractivity contribution in [1.29, 1.82) is 0 Å². The molecule has 0 saturated heterocycles. The highest BCUT2D eigenvalue weighted by molar-refractivity contribution is 7.99. The number of nitrogens with two attached hydrogens (primary N) is 1. The number of amides is 2. The van der Waals surface area contributed by atoms with Crippen molar-refractivity contribution in [3.8, 4) is 0 Å². The normalized spacial score (nSPS) is 14.2. The molecule has 10 nitrogen and oxygen atoms in total. The first kappa shape index (κ1) is 23.1. The van der Waals surface area contributed by atoms with Gasteiger partial charge in [0.25, 0.3) is 0 Å². The van der Waals surface area contributed by atoms with E-state index in [9.17, 15) is 19.2 Å². The first-order valence-electron chi connectivity index (χ1n) is 7.67. The molecule has 0 aromatic carbocycles. The van der Waals surface area contributed by atoms with Gasteiger partial charge in [0.2, 0.25) is 11.8 Å². The Bertz CT molecular complexity index is 475. The molecule has 0 saturated carbocycles. The van der Waals surface area contributed by atoms with Crippen molar-refractivity contribution in [2.24, 2.45) is 5.73 Å². The van der Waals surface area contributed by atoms with Crippen molar-refractivity contribution in [3.63, 3.8) is 0 Å². The summed E-state index contributed by atoms with van der Waals surface area (Å²) in [5, 5.41) is 30.9. The maximum Gasteiger partial charge on any atom is 0.322 e. The number of aliphatic carboxylic acids is 2. The van der Waals surface area contributed by atoms with E-state index < -0.39 is 42.4 Å². The fourth-order valence-electron chi connectivity index (χ4n) is 1.67. The van der Waals surface area contributed by atoms with Crippen LogP contribution in [0.1, 0.15) is 26.2 Å². The van der Waals surface area contributed by atoms with Gasteiger partial charge in [-0.3, -0.25) is 19.2 Å². The minimum atomic E-state index is -1.23. The summed E-state index contributed by atoms with van der Waals surface area (Å²) in [6.45, 7) is 1.26. The van der Waals surface area contributed by atoms with Crippen LogP contribution in [0.15, 0.2) is 0 Å². The van der Waals surface area contributed by atoms with Crippen LogP contribution in [-0.2, 0) is 19.2 Å². The van der Waals surface area contributed by atoms with Crippen molar-refractivity contribution >= 4 is 35.5 Å². The lowest BCUT2D eigenvalue weighted by Gasteiger charge is -2.20. The average Bonchev–Trinajstić information content (AvgIpc) is 2.54. The van der Waals surface area contributed by atoms with E-state index in [-0.39, 0.29) is 30.5 Å². The third-order valence-electron chi connectivity index (χ3n) is 3.15. The molecule has 0 aromatic heterocycles. The lowest BCUT2D eigenvalue weighted by molar-refractivity contribution is -0.139. The van der Waals surface area contributed by atoms with Crippen LogP contribution in [0.25, 0.3) is 0 Å². The van der Waals surface area contributed by atoms with Crippen LogP contribution in [-0.4, -0.2) is 75.3 Å². The maximum atomic E-state index is 12.0. The molecule has 0 aromatic rings. The Hall–Kier alpha value is -1.85. The Morgan fingerprint density at radius 2 is 1.80 bits per heavy atom. The fourth-order valence-corrected chi connectivity index (χ4v) is 2.70. The zero-order valence-electron chi connectivity index (χ0n) is 13.9. The van der Waals surface area contributed by atoms with Gasteiger partial charge in [0, 0.05) is 24.0 Å². The van der Waals surface area contributed by atoms with E-state index in [0.29, 0.717) is 6.42 Å². The van der Waals surface area contributed by atoms with Gasteiger partial charge < -0.3 is 31.7 Å². The summed E-state index contributed by atoms with van der Waals surface area (Å²) in [4.78, 5) is 45.1. The Balaban J connectivity index is 4.64. The number of aliphatic hydroxyl groups is 1. The van der Waals surface area contributed by atoms with Crippen LogP contribution >= 0.6 is 11.8 Å². The second-order valence-corrected chi connectivity index (χ2v) is 6.84. The Morgan fingerprint density at radius 3 is 2.32 bits per heavy atom. The summed E-state index contributed by atoms with van der Waals surface area (Å²) in [6, 6.07) is -2.15. The number of carboxylic acids is 2. The molecule has 25 heavy (non-hydrogen) atoms. The van der Waals surface area contributed by atoms with Crippen LogP contribution in [0, 0.1) is 0 Å². The number of carboxylic acid groups (broad SMARTS) is 2. The van der Waals surface area contributed by atoms with Crippen LogP contribution in [0.2, 0.25) is 0 Å². The quantitative estimate of drug-likeness (QED) is 0.219. The fraction of sp³-hybridized carbons (Fsp3) is 0.714. The van der Waals surface area contributed by atoms with E-state index in [2.05, 4.69) is 10.6 Å². The maximum absolute atomic E-state index is 12.0. The smallest absolute Gasteiger partial charge is 0.322 e. The standard InChI is InChI=1S/C14H25N3O7S/c1-8(4-5-18)25-7-10(13(22)16-6-12(20)21)17-11(19)3-2-9(15)14(23)24/h8-10,18H,2-7,15H2,1H3,(H,16,22)(H,17,19)(H,20,21)(H,23,24). The van der Waals surface area contributed by atoms with Gasteiger partial charge in [-0.15, -0.1) is 0 Å². The molecule has 11 heteroatoms. The van der Waals surface area contributed by atoms with Gasteiger partial charge in [-0.1, -0.05) is 6.92 Å². The number of aliphatic hydroxyl groups excluding tert-OH is 1. The summed E-state index contributed by atoms with van der Waals surface area (Å²) in [7, 11) is 0. The number of nitrogens with one attached hydrogen (secondary N) is 2. The van der Waals surface area contributed by atoms with Crippen LogP contribution in [0.5, 0.6) is 0 Å². The number of hydrogen-bond acceptors (Lipinski definition) is 7. The minimum Gasteiger partial charge on any atom is -0.480 e. The molecule has 0 radical (unpaired) electrons. The molecular weight excluding hydrogens is 354 g/mol. The molecule has 0 aliphatic rings. The zero-order chi connectivity index (χ0) is 19.4. The van der Waals surface area contributed by atoms with Crippen molar-refractivity contribution in [2.75, 3.05) is 18.9 Å². The lowest BCUT2D eigenvalue weighted by Crippen LogP contribution is -2.49. The monoisotopic (exact) mass is 379 g/mol. The van der Waals surface area contributed by atoms with Gasteiger partial charge in [-0.05, 0) is 12.8 Å². The number of carbonyl (C=O) groups excluding carboxylic acids is 2. The number of carbonyl (C=O) groups is 4. The van der Waals surface area contributed by atoms with Gasteiger partial charge in [-0.25, -0.2) is 0 Å². The molecule has 0 rings (SSSR count). The molecule has 0 aliphatic carbocycles. The SMILES string of the molecule is CC(CCO)SCC(NC(=O)CCC(N)C(=O)O)C(=O)NCC(=O)O. The molecule has 3 unspecified atom stereocenters. The lowest BCUT2D eigenvalue weighted by atomic mass is 10.1. The van der Waals surface area contributed by atoms with Gasteiger partial charge in [0.15, 0.2) is 0 Å². The van der Waals surface area contributed by atoms with E-state index in [1.807, 2.05) is 6.92 Å². The summed E-state index contributed by atoms with van der Waals surface area (Å²) in [6.07, 6.45) is 0.251. The summed E-state index contributed by atoms with van der Waals surface area (Å²) in [5.74, 6) is -3.46. The summed E-state index contributed by atoms with van der Waals surface area (Å²) in [5.41, 5.74) is 5.32. The largest absolute Gasteiger partial charge is 0.480 e. The van der Waals surface area contributed by atoms with E-state index in [1.165, 1.54) is 11.8 Å². The first-order valence-corrected chi connectivity index (χ1v) is 8.72. The molecule has 0 fully saturated rings. The van der Waals surface area contributed by atoms with Gasteiger partial charge >= 0.3 is 11.9 Å². The predicted molar refractivity (Wildman–Crippen MR) is 91.0 cm³/mol. The molecule has 0 heterocycles. The molecule has 0 aliphatic heterocycles. The van der Waals surface area contributed by atoms with E-state index in [4.69, 9.17) is 21.1 Å². The zero-order valence-corrected chi connectivity index (χ0v) is 14.8. The average molecular weight is 379 g/mol. The number of rotatable bonds is 13. The van der Waals surface area contributed by atoms with Crippen molar-refractivity contribution in [1.82, 2.24) is 10.6 Å². The van der Waals surface area contributed by atoms with E-state index in [0.717, 1.165) is 0 Å². The predicted octanol–water partition coefficient (Wildman–Crippen LogP) is -1.63. The Morgan fingerprint density at radius 1 is 1.16 bits per heavy atom. The van der Waals surface area contributed by atoms with Crippen molar-refractivity contribution in [3.05, 3.63) is 0 Å². The number of hydrogen-bond donors (Lipinski definition) is 6. The molecule has 0 bridgehead atoms. The highest BCUT2D eigenvalue weighted by atomic mass is 32.2. The minimum absolute atomic E-state index is 0.0104. The molecule has 144 valence electrons.